The van der Waals surface area contributed by atoms with E-state index in [1.807, 2.05) is 23.1 Å². The first-order valence-electron chi connectivity index (χ1n) is 9.14. The molecular formula is C19H30N6. The lowest BCUT2D eigenvalue weighted by Gasteiger charge is -2.43. The predicted molar refractivity (Wildman–Crippen MR) is 98.7 cm³/mol. The number of likely N-dealkylation sites (tertiary alicyclic amines) is 1. The average Bonchev–Trinajstić information content (AvgIpc) is 3.01. The summed E-state index contributed by atoms with van der Waals surface area (Å²) in [5, 5.41) is 8.64. The normalized spacial score (nSPS) is 22.2. The third-order valence-corrected chi connectivity index (χ3v) is 5.21. The van der Waals surface area contributed by atoms with Gasteiger partial charge in [0.15, 0.2) is 0 Å². The second-order valence-electron chi connectivity index (χ2n) is 8.36. The fraction of sp³-hybridized carbons (Fsp3) is 0.632. The monoisotopic (exact) mass is 342 g/mol. The molecule has 136 valence electrons. The SMILES string of the molecule is CC(C)(C)[C@@H]1C[C@H](CN)CN(Cc2cn(Cc3cccnc3)nn2)C1. The second-order valence-corrected chi connectivity index (χ2v) is 8.36. The zero-order chi connectivity index (χ0) is 17.9. The van der Waals surface area contributed by atoms with Gasteiger partial charge >= 0.3 is 0 Å². The minimum atomic E-state index is 0.310. The van der Waals surface area contributed by atoms with Crippen molar-refractivity contribution in [3.05, 3.63) is 42.0 Å². The summed E-state index contributed by atoms with van der Waals surface area (Å²) in [6, 6.07) is 4.00. The lowest BCUT2D eigenvalue weighted by molar-refractivity contribution is 0.0596. The van der Waals surface area contributed by atoms with Gasteiger partial charge in [0.1, 0.15) is 0 Å². The maximum atomic E-state index is 5.99. The molecule has 0 bridgehead atoms. The van der Waals surface area contributed by atoms with E-state index in [0.717, 1.165) is 37.4 Å². The maximum absolute atomic E-state index is 5.99. The maximum Gasteiger partial charge on any atom is 0.0967 e. The Kier molecular flexibility index (Phi) is 5.49. The molecule has 0 radical (unpaired) electrons. The van der Waals surface area contributed by atoms with E-state index < -0.39 is 0 Å². The van der Waals surface area contributed by atoms with Crippen LogP contribution in [0.25, 0.3) is 0 Å². The zero-order valence-corrected chi connectivity index (χ0v) is 15.6. The van der Waals surface area contributed by atoms with E-state index in [2.05, 4.69) is 47.0 Å². The quantitative estimate of drug-likeness (QED) is 0.901. The van der Waals surface area contributed by atoms with Crippen LogP contribution < -0.4 is 5.73 Å². The predicted octanol–water partition coefficient (Wildman–Crippen LogP) is 2.16. The largest absolute Gasteiger partial charge is 0.330 e. The molecule has 2 aromatic heterocycles. The van der Waals surface area contributed by atoms with Crippen LogP contribution in [0.2, 0.25) is 0 Å². The Morgan fingerprint density at radius 1 is 1.24 bits per heavy atom. The van der Waals surface area contributed by atoms with E-state index in [9.17, 15) is 0 Å². The van der Waals surface area contributed by atoms with Crippen molar-refractivity contribution in [1.82, 2.24) is 24.9 Å². The number of rotatable bonds is 5. The molecule has 25 heavy (non-hydrogen) atoms. The number of nitrogens with two attached hydrogens (primary N) is 1. The van der Waals surface area contributed by atoms with Crippen molar-refractivity contribution in [3.8, 4) is 0 Å². The van der Waals surface area contributed by atoms with Gasteiger partial charge in [-0.1, -0.05) is 32.1 Å². The van der Waals surface area contributed by atoms with Crippen molar-refractivity contribution in [1.29, 1.82) is 0 Å². The molecule has 6 nitrogen and oxygen atoms in total. The van der Waals surface area contributed by atoms with E-state index in [-0.39, 0.29) is 0 Å². The van der Waals surface area contributed by atoms with Crippen LogP contribution in [-0.2, 0) is 13.1 Å². The number of piperidine rings is 1. The molecule has 0 aliphatic carbocycles. The Labute approximate surface area is 150 Å². The van der Waals surface area contributed by atoms with Gasteiger partial charge < -0.3 is 5.73 Å². The van der Waals surface area contributed by atoms with Crippen LogP contribution in [0.5, 0.6) is 0 Å². The van der Waals surface area contributed by atoms with Gasteiger partial charge in [-0.15, -0.1) is 5.10 Å². The summed E-state index contributed by atoms with van der Waals surface area (Å²) < 4.78 is 1.89. The van der Waals surface area contributed by atoms with Crippen LogP contribution in [0.3, 0.4) is 0 Å². The van der Waals surface area contributed by atoms with Crippen LogP contribution in [0.1, 0.15) is 38.4 Å². The van der Waals surface area contributed by atoms with E-state index in [1.54, 1.807) is 6.20 Å². The Hall–Kier alpha value is -1.79. The van der Waals surface area contributed by atoms with Crippen LogP contribution in [-0.4, -0.2) is 44.5 Å². The summed E-state index contributed by atoms with van der Waals surface area (Å²) in [6.07, 6.45) is 6.92. The second kappa shape index (κ2) is 7.62. The first-order valence-corrected chi connectivity index (χ1v) is 9.14. The highest BCUT2D eigenvalue weighted by molar-refractivity contribution is 5.09. The third kappa shape index (κ3) is 4.86. The van der Waals surface area contributed by atoms with Crippen molar-refractivity contribution in [3.63, 3.8) is 0 Å². The molecule has 0 amide bonds. The number of aromatic nitrogens is 4. The molecule has 1 aliphatic rings. The van der Waals surface area contributed by atoms with Crippen molar-refractivity contribution < 1.29 is 0 Å². The summed E-state index contributed by atoms with van der Waals surface area (Å²) in [5.74, 6) is 1.24. The van der Waals surface area contributed by atoms with Crippen LogP contribution in [0.15, 0.2) is 30.7 Å². The number of hydrogen-bond acceptors (Lipinski definition) is 5. The lowest BCUT2D eigenvalue weighted by atomic mass is 9.73. The molecule has 0 saturated carbocycles. The Bertz CT molecular complexity index is 660. The van der Waals surface area contributed by atoms with Gasteiger partial charge in [0.25, 0.3) is 0 Å². The molecule has 0 aromatic carbocycles. The standard InChI is InChI=1S/C19H30N6/c1-19(2,3)17-7-16(8-20)10-24(12-17)13-18-14-25(23-22-18)11-15-5-4-6-21-9-15/h4-6,9,14,16-17H,7-8,10-13,20H2,1-3H3/t16-,17-/m1/s1. The molecule has 2 aromatic rings. The average molecular weight is 342 g/mol. The van der Waals surface area contributed by atoms with Crippen LogP contribution in [0, 0.1) is 17.3 Å². The van der Waals surface area contributed by atoms with Gasteiger partial charge in [-0.2, -0.15) is 0 Å². The van der Waals surface area contributed by atoms with Crippen molar-refractivity contribution in [2.24, 2.45) is 23.0 Å². The van der Waals surface area contributed by atoms with Gasteiger partial charge in [0.05, 0.1) is 18.4 Å². The Morgan fingerprint density at radius 3 is 2.76 bits per heavy atom. The summed E-state index contributed by atoms with van der Waals surface area (Å²) in [6.45, 7) is 11.5. The van der Waals surface area contributed by atoms with Crippen LogP contribution in [0.4, 0.5) is 0 Å². The van der Waals surface area contributed by atoms with Gasteiger partial charge in [0.2, 0.25) is 0 Å². The summed E-state index contributed by atoms with van der Waals surface area (Å²) in [5.41, 5.74) is 8.45. The molecule has 1 saturated heterocycles. The minimum absolute atomic E-state index is 0.310. The smallest absolute Gasteiger partial charge is 0.0967 e. The Morgan fingerprint density at radius 2 is 2.08 bits per heavy atom. The molecule has 0 unspecified atom stereocenters. The summed E-state index contributed by atoms with van der Waals surface area (Å²) >= 11 is 0. The van der Waals surface area contributed by atoms with Crippen LogP contribution >= 0.6 is 0 Å². The third-order valence-electron chi connectivity index (χ3n) is 5.21. The first-order chi connectivity index (χ1) is 11.9. The van der Waals surface area contributed by atoms with Gasteiger partial charge in [-0.3, -0.25) is 9.88 Å². The van der Waals surface area contributed by atoms with E-state index in [0.29, 0.717) is 23.8 Å². The van der Waals surface area contributed by atoms with Crippen molar-refractivity contribution in [2.75, 3.05) is 19.6 Å². The number of hydrogen-bond donors (Lipinski definition) is 1. The number of nitrogens with zero attached hydrogens (tertiary/aromatic N) is 5. The molecule has 1 aliphatic heterocycles. The fourth-order valence-electron chi connectivity index (χ4n) is 3.63. The van der Waals surface area contributed by atoms with Gasteiger partial charge in [0, 0.05) is 32.0 Å². The minimum Gasteiger partial charge on any atom is -0.330 e. The van der Waals surface area contributed by atoms with Crippen molar-refractivity contribution >= 4 is 0 Å². The van der Waals surface area contributed by atoms with E-state index in [4.69, 9.17) is 5.73 Å². The summed E-state index contributed by atoms with van der Waals surface area (Å²) in [7, 11) is 0. The van der Waals surface area contributed by atoms with Gasteiger partial charge in [-0.05, 0) is 41.8 Å². The molecule has 1 fully saturated rings. The highest BCUT2D eigenvalue weighted by Crippen LogP contribution is 2.35. The fourth-order valence-corrected chi connectivity index (χ4v) is 3.63. The van der Waals surface area contributed by atoms with Crippen molar-refractivity contribution in [2.45, 2.75) is 40.3 Å². The molecule has 3 heterocycles. The van der Waals surface area contributed by atoms with E-state index in [1.165, 1.54) is 6.42 Å². The highest BCUT2D eigenvalue weighted by atomic mass is 15.4. The lowest BCUT2D eigenvalue weighted by Crippen LogP contribution is -2.46. The molecule has 0 spiro atoms. The topological polar surface area (TPSA) is 72.9 Å². The molecule has 2 N–H and O–H groups in total. The Balaban J connectivity index is 1.63. The van der Waals surface area contributed by atoms with E-state index >= 15 is 0 Å². The van der Waals surface area contributed by atoms with Gasteiger partial charge in [-0.25, -0.2) is 4.68 Å². The summed E-state index contributed by atoms with van der Waals surface area (Å²) in [4.78, 5) is 6.64. The number of pyridine rings is 1. The molecule has 3 rings (SSSR count). The zero-order valence-electron chi connectivity index (χ0n) is 15.6. The molecule has 2 atom stereocenters. The molecule has 6 heteroatoms. The highest BCUT2D eigenvalue weighted by Gasteiger charge is 2.33. The first kappa shape index (κ1) is 18.0. The molecular weight excluding hydrogens is 312 g/mol.